The molecule has 3 aromatic carbocycles. The van der Waals surface area contributed by atoms with Crippen LogP contribution in [0.2, 0.25) is 5.02 Å². The highest BCUT2D eigenvalue weighted by atomic mass is 35.5. The van der Waals surface area contributed by atoms with Gasteiger partial charge in [-0.2, -0.15) is 0 Å². The van der Waals surface area contributed by atoms with E-state index in [1.165, 1.54) is 0 Å². The van der Waals surface area contributed by atoms with Crippen molar-refractivity contribution in [3.63, 3.8) is 0 Å². The van der Waals surface area contributed by atoms with E-state index in [4.69, 9.17) is 21.1 Å². The van der Waals surface area contributed by atoms with Crippen LogP contribution in [0.15, 0.2) is 66.7 Å². The fraction of sp³-hybridized carbons (Fsp3) is 0.174. The zero-order valence-corrected chi connectivity index (χ0v) is 16.0. The second kappa shape index (κ2) is 8.36. The summed E-state index contributed by atoms with van der Waals surface area (Å²) in [5.41, 5.74) is 3.53. The first-order valence-electron chi connectivity index (χ1n) is 9.19. The van der Waals surface area contributed by atoms with Crippen molar-refractivity contribution in [1.82, 2.24) is 5.32 Å². The van der Waals surface area contributed by atoms with Gasteiger partial charge in [-0.05, 0) is 35.4 Å². The summed E-state index contributed by atoms with van der Waals surface area (Å²) in [5.74, 6) is 1.21. The second-order valence-corrected chi connectivity index (χ2v) is 7.04. The Morgan fingerprint density at radius 1 is 1.07 bits per heavy atom. The topological polar surface area (TPSA) is 47.6 Å². The number of nitrogens with one attached hydrogen (secondary N) is 1. The average molecular weight is 394 g/mol. The minimum Gasteiger partial charge on any atom is -0.492 e. The number of ether oxygens (including phenoxy) is 2. The highest BCUT2D eigenvalue weighted by molar-refractivity contribution is 6.30. The van der Waals surface area contributed by atoms with Gasteiger partial charge in [0.25, 0.3) is 5.91 Å². The number of carbonyl (C=O) groups is 1. The molecule has 0 aromatic heterocycles. The third-order valence-corrected chi connectivity index (χ3v) is 4.89. The number of rotatable bonds is 6. The molecule has 0 unspecified atom stereocenters. The first-order chi connectivity index (χ1) is 13.7. The summed E-state index contributed by atoms with van der Waals surface area (Å²) < 4.78 is 11.6. The number of hydrogen-bond donors (Lipinski definition) is 1. The predicted octanol–water partition coefficient (Wildman–Crippen LogP) is 4.78. The van der Waals surface area contributed by atoms with E-state index in [1.807, 2.05) is 54.6 Å². The van der Waals surface area contributed by atoms with Gasteiger partial charge < -0.3 is 14.8 Å². The summed E-state index contributed by atoms with van der Waals surface area (Å²) in [6.45, 7) is 1.38. The number of amides is 1. The Hall–Kier alpha value is -2.98. The van der Waals surface area contributed by atoms with Gasteiger partial charge in [-0.3, -0.25) is 4.79 Å². The second-order valence-electron chi connectivity index (χ2n) is 6.60. The van der Waals surface area contributed by atoms with Gasteiger partial charge in [0.2, 0.25) is 0 Å². The van der Waals surface area contributed by atoms with Crippen LogP contribution in [-0.4, -0.2) is 12.5 Å². The van der Waals surface area contributed by atoms with Crippen LogP contribution in [0.4, 0.5) is 0 Å². The zero-order chi connectivity index (χ0) is 19.3. The van der Waals surface area contributed by atoms with E-state index in [9.17, 15) is 4.79 Å². The number of carbonyl (C=O) groups excluding carboxylic acids is 1. The van der Waals surface area contributed by atoms with E-state index in [0.717, 1.165) is 23.1 Å². The van der Waals surface area contributed by atoms with Crippen LogP contribution in [0.5, 0.6) is 11.5 Å². The Bertz CT molecular complexity index is 988. The molecule has 0 saturated heterocycles. The van der Waals surface area contributed by atoms with Crippen molar-refractivity contribution in [2.45, 2.75) is 19.6 Å². The molecule has 1 N–H and O–H groups in total. The maximum absolute atomic E-state index is 12.7. The quantitative estimate of drug-likeness (QED) is 0.655. The van der Waals surface area contributed by atoms with E-state index in [2.05, 4.69) is 5.32 Å². The van der Waals surface area contributed by atoms with Crippen LogP contribution >= 0.6 is 11.6 Å². The Morgan fingerprint density at radius 3 is 2.79 bits per heavy atom. The lowest BCUT2D eigenvalue weighted by Gasteiger charge is -2.14. The van der Waals surface area contributed by atoms with Gasteiger partial charge in [-0.25, -0.2) is 0 Å². The van der Waals surface area contributed by atoms with Gasteiger partial charge in [0, 0.05) is 23.6 Å². The summed E-state index contributed by atoms with van der Waals surface area (Å²) in [4.78, 5) is 12.7. The summed E-state index contributed by atoms with van der Waals surface area (Å²) in [7, 11) is 0. The molecular weight excluding hydrogens is 374 g/mol. The van der Waals surface area contributed by atoms with Crippen LogP contribution in [-0.2, 0) is 19.6 Å². The molecule has 0 fully saturated rings. The first kappa shape index (κ1) is 18.4. The van der Waals surface area contributed by atoms with Crippen LogP contribution in [0, 0.1) is 0 Å². The molecule has 1 aliphatic rings. The van der Waals surface area contributed by atoms with Gasteiger partial charge in [-0.1, -0.05) is 54.1 Å². The number of halogens is 1. The summed E-state index contributed by atoms with van der Waals surface area (Å²) in [5, 5.41) is 3.55. The third kappa shape index (κ3) is 4.12. The normalized spacial score (nSPS) is 12.2. The van der Waals surface area contributed by atoms with Gasteiger partial charge in [0.05, 0.1) is 12.2 Å². The predicted molar refractivity (Wildman–Crippen MR) is 109 cm³/mol. The van der Waals surface area contributed by atoms with Crippen molar-refractivity contribution in [1.29, 1.82) is 0 Å². The fourth-order valence-electron chi connectivity index (χ4n) is 3.23. The Morgan fingerprint density at radius 2 is 1.93 bits per heavy atom. The lowest BCUT2D eigenvalue weighted by molar-refractivity contribution is 0.0947. The fourth-order valence-corrected chi connectivity index (χ4v) is 3.42. The maximum Gasteiger partial charge on any atom is 0.255 e. The SMILES string of the molecule is O=C(NCc1cc(Cl)ccc1OCc1ccccc1)c1cccc2c1OCC2. The molecule has 0 radical (unpaired) electrons. The van der Waals surface area contributed by atoms with Crippen molar-refractivity contribution < 1.29 is 14.3 Å². The molecule has 1 aliphatic heterocycles. The summed E-state index contributed by atoms with van der Waals surface area (Å²) in [6.07, 6.45) is 0.836. The molecule has 3 aromatic rings. The maximum atomic E-state index is 12.7. The Kier molecular flexibility index (Phi) is 5.49. The van der Waals surface area contributed by atoms with Crippen molar-refractivity contribution in [2.24, 2.45) is 0 Å². The summed E-state index contributed by atoms with van der Waals surface area (Å²) >= 11 is 6.15. The number of hydrogen-bond acceptors (Lipinski definition) is 3. The minimum absolute atomic E-state index is 0.173. The Balaban J connectivity index is 1.46. The minimum atomic E-state index is -0.173. The molecule has 0 spiro atoms. The van der Waals surface area contributed by atoms with Gasteiger partial charge in [-0.15, -0.1) is 0 Å². The van der Waals surface area contributed by atoms with E-state index in [0.29, 0.717) is 41.8 Å². The third-order valence-electron chi connectivity index (χ3n) is 4.66. The first-order valence-corrected chi connectivity index (χ1v) is 9.56. The van der Waals surface area contributed by atoms with E-state index in [-0.39, 0.29) is 5.91 Å². The van der Waals surface area contributed by atoms with Crippen LogP contribution in [0.1, 0.15) is 27.0 Å². The molecule has 28 heavy (non-hydrogen) atoms. The number of benzene rings is 3. The number of fused-ring (bicyclic) bond motifs is 1. The molecule has 5 heteroatoms. The molecule has 1 amide bonds. The molecule has 4 rings (SSSR count). The zero-order valence-electron chi connectivity index (χ0n) is 15.3. The molecule has 142 valence electrons. The van der Waals surface area contributed by atoms with Crippen LogP contribution in [0.25, 0.3) is 0 Å². The molecular formula is C23H20ClNO3. The molecule has 1 heterocycles. The van der Waals surface area contributed by atoms with Crippen LogP contribution < -0.4 is 14.8 Å². The van der Waals surface area contributed by atoms with Crippen molar-refractivity contribution in [2.75, 3.05) is 6.61 Å². The van der Waals surface area contributed by atoms with Gasteiger partial charge >= 0.3 is 0 Å². The standard InChI is InChI=1S/C23H20ClNO3/c24-19-9-10-21(28-15-16-5-2-1-3-6-16)18(13-19)14-25-23(26)20-8-4-7-17-11-12-27-22(17)20/h1-10,13H,11-12,14-15H2,(H,25,26). The van der Waals surface area contributed by atoms with E-state index < -0.39 is 0 Å². The molecule has 0 saturated carbocycles. The van der Waals surface area contributed by atoms with E-state index >= 15 is 0 Å². The van der Waals surface area contributed by atoms with Gasteiger partial charge in [0.1, 0.15) is 18.1 Å². The molecule has 0 atom stereocenters. The smallest absolute Gasteiger partial charge is 0.255 e. The largest absolute Gasteiger partial charge is 0.492 e. The van der Waals surface area contributed by atoms with Crippen LogP contribution in [0.3, 0.4) is 0 Å². The lowest BCUT2D eigenvalue weighted by Crippen LogP contribution is -2.23. The highest BCUT2D eigenvalue weighted by Crippen LogP contribution is 2.29. The summed E-state index contributed by atoms with van der Waals surface area (Å²) in [6, 6.07) is 21.0. The molecule has 0 bridgehead atoms. The van der Waals surface area contributed by atoms with Crippen molar-refractivity contribution in [3.8, 4) is 11.5 Å². The molecule has 0 aliphatic carbocycles. The number of para-hydroxylation sites is 1. The van der Waals surface area contributed by atoms with E-state index in [1.54, 1.807) is 12.1 Å². The molecule has 4 nitrogen and oxygen atoms in total. The monoisotopic (exact) mass is 393 g/mol. The highest BCUT2D eigenvalue weighted by Gasteiger charge is 2.20. The van der Waals surface area contributed by atoms with Crippen molar-refractivity contribution >= 4 is 17.5 Å². The lowest BCUT2D eigenvalue weighted by atomic mass is 10.1. The average Bonchev–Trinajstić information content (AvgIpc) is 3.21. The van der Waals surface area contributed by atoms with Gasteiger partial charge in [0.15, 0.2) is 0 Å². The Labute approximate surface area is 169 Å². The van der Waals surface area contributed by atoms with Crippen molar-refractivity contribution in [3.05, 3.63) is 94.0 Å².